The molecule has 0 aliphatic rings. The Morgan fingerprint density at radius 2 is 1.73 bits per heavy atom. The summed E-state index contributed by atoms with van der Waals surface area (Å²) in [5, 5.41) is 0. The second kappa shape index (κ2) is 6.90. The summed E-state index contributed by atoms with van der Waals surface area (Å²) in [4.78, 5) is 4.11. The van der Waals surface area contributed by atoms with E-state index in [2.05, 4.69) is 21.6 Å². The molecule has 1 aromatic carbocycles. The summed E-state index contributed by atoms with van der Waals surface area (Å²) in [5.41, 5.74) is -0.0948. The van der Waals surface area contributed by atoms with Crippen LogP contribution in [0.3, 0.4) is 0 Å². The van der Waals surface area contributed by atoms with Crippen molar-refractivity contribution in [2.24, 2.45) is 0 Å². The van der Waals surface area contributed by atoms with E-state index in [9.17, 15) is 8.78 Å². The molecule has 0 amide bonds. The minimum atomic E-state index is -2.84. The molecule has 22 heavy (non-hydrogen) atoms. The average Bonchev–Trinajstić information content (AvgIpc) is 2.48. The Morgan fingerprint density at radius 3 is 2.32 bits per heavy atom. The smallest absolute Gasteiger partial charge is 0.387 e. The first-order chi connectivity index (χ1) is 10.4. The highest BCUT2D eigenvalue weighted by molar-refractivity contribution is 5.34. The van der Waals surface area contributed by atoms with Gasteiger partial charge in [-0.3, -0.25) is 0 Å². The Labute approximate surface area is 127 Å². The second-order valence-electron chi connectivity index (χ2n) is 4.93. The molecule has 0 unspecified atom stereocenters. The second-order valence-corrected chi connectivity index (χ2v) is 4.93. The molecule has 0 N–H and O–H groups in total. The van der Waals surface area contributed by atoms with E-state index in [0.29, 0.717) is 11.4 Å². The number of aromatic nitrogens is 1. The highest BCUT2D eigenvalue weighted by Gasteiger charge is 2.16. The van der Waals surface area contributed by atoms with Crippen molar-refractivity contribution < 1.29 is 18.3 Å². The summed E-state index contributed by atoms with van der Waals surface area (Å²) in [6.45, 7) is 0.784. The third-order valence-corrected chi connectivity index (χ3v) is 2.58. The van der Waals surface area contributed by atoms with Gasteiger partial charge in [-0.05, 0) is 62.1 Å². The van der Waals surface area contributed by atoms with Crippen LogP contribution in [0.4, 0.5) is 8.78 Å². The van der Waals surface area contributed by atoms with Crippen LogP contribution < -0.4 is 9.47 Å². The third-order valence-electron chi connectivity index (χ3n) is 2.58. The number of hydrogen-bond acceptors (Lipinski definition) is 3. The SMILES string of the molecule is CC(C)(C#Cc1ccccn1)Oc1ccc(OC(F)F)cc1. The molecule has 0 aliphatic heterocycles. The summed E-state index contributed by atoms with van der Waals surface area (Å²) < 4.78 is 34.2. The molecular formula is C17H15F2NO2. The van der Waals surface area contributed by atoms with E-state index in [4.69, 9.17) is 4.74 Å². The van der Waals surface area contributed by atoms with Crippen molar-refractivity contribution in [2.45, 2.75) is 26.1 Å². The Morgan fingerprint density at radius 1 is 1.05 bits per heavy atom. The van der Waals surface area contributed by atoms with Crippen LogP contribution in [-0.4, -0.2) is 17.2 Å². The maximum absolute atomic E-state index is 12.1. The summed E-state index contributed by atoms with van der Waals surface area (Å²) >= 11 is 0. The summed E-state index contributed by atoms with van der Waals surface area (Å²) in [5.74, 6) is 6.52. The van der Waals surface area contributed by atoms with Gasteiger partial charge in [0.1, 0.15) is 17.2 Å². The number of benzene rings is 1. The lowest BCUT2D eigenvalue weighted by atomic mass is 10.1. The van der Waals surface area contributed by atoms with Gasteiger partial charge in [0.2, 0.25) is 0 Å². The van der Waals surface area contributed by atoms with Crippen LogP contribution in [0.25, 0.3) is 0 Å². The number of rotatable bonds is 4. The molecule has 2 aromatic rings. The van der Waals surface area contributed by atoms with E-state index in [0.717, 1.165) is 0 Å². The fourth-order valence-electron chi connectivity index (χ4n) is 1.66. The topological polar surface area (TPSA) is 31.4 Å². The van der Waals surface area contributed by atoms with Crippen molar-refractivity contribution in [1.82, 2.24) is 4.98 Å². The molecule has 0 fully saturated rings. The lowest BCUT2D eigenvalue weighted by molar-refractivity contribution is -0.0499. The fourth-order valence-corrected chi connectivity index (χ4v) is 1.66. The maximum Gasteiger partial charge on any atom is 0.387 e. The van der Waals surface area contributed by atoms with E-state index in [1.165, 1.54) is 12.1 Å². The highest BCUT2D eigenvalue weighted by atomic mass is 19.3. The van der Waals surface area contributed by atoms with Crippen molar-refractivity contribution in [3.63, 3.8) is 0 Å². The van der Waals surface area contributed by atoms with Crippen molar-refractivity contribution in [2.75, 3.05) is 0 Å². The van der Waals surface area contributed by atoms with Gasteiger partial charge in [-0.15, -0.1) is 0 Å². The van der Waals surface area contributed by atoms with E-state index >= 15 is 0 Å². The number of pyridine rings is 1. The molecule has 114 valence electrons. The first kappa shape index (κ1) is 15.8. The van der Waals surface area contributed by atoms with Gasteiger partial charge < -0.3 is 9.47 Å². The summed E-state index contributed by atoms with van der Waals surface area (Å²) in [6, 6.07) is 11.4. The van der Waals surface area contributed by atoms with Gasteiger partial charge in [0.15, 0.2) is 5.60 Å². The molecular weight excluding hydrogens is 288 g/mol. The first-order valence-corrected chi connectivity index (χ1v) is 6.63. The number of alkyl halides is 2. The van der Waals surface area contributed by atoms with Gasteiger partial charge in [-0.1, -0.05) is 6.07 Å². The first-order valence-electron chi connectivity index (χ1n) is 6.63. The maximum atomic E-state index is 12.1. The minimum absolute atomic E-state index is 0.0831. The van der Waals surface area contributed by atoms with Crippen LogP contribution in [0, 0.1) is 11.8 Å². The van der Waals surface area contributed by atoms with E-state index < -0.39 is 12.2 Å². The van der Waals surface area contributed by atoms with Crippen molar-refractivity contribution in [1.29, 1.82) is 0 Å². The molecule has 5 heteroatoms. The zero-order valence-corrected chi connectivity index (χ0v) is 12.2. The molecule has 0 aliphatic carbocycles. The monoisotopic (exact) mass is 303 g/mol. The number of hydrogen-bond donors (Lipinski definition) is 0. The number of ether oxygens (including phenoxy) is 2. The number of nitrogens with zero attached hydrogens (tertiary/aromatic N) is 1. The Balaban J connectivity index is 2.04. The van der Waals surface area contributed by atoms with Gasteiger partial charge >= 0.3 is 6.61 Å². The van der Waals surface area contributed by atoms with Gasteiger partial charge in [0.05, 0.1) is 0 Å². The van der Waals surface area contributed by atoms with Crippen molar-refractivity contribution in [3.05, 3.63) is 54.4 Å². The van der Waals surface area contributed by atoms with E-state index in [1.54, 1.807) is 24.4 Å². The third kappa shape index (κ3) is 5.06. The summed E-state index contributed by atoms with van der Waals surface area (Å²) in [6.07, 6.45) is 1.67. The van der Waals surface area contributed by atoms with Crippen LogP contribution in [0.2, 0.25) is 0 Å². The molecule has 0 atom stereocenters. The molecule has 2 rings (SSSR count). The predicted octanol–water partition coefficient (Wildman–Crippen LogP) is 3.89. The minimum Gasteiger partial charge on any atom is -0.475 e. The molecule has 0 radical (unpaired) electrons. The largest absolute Gasteiger partial charge is 0.475 e. The van der Waals surface area contributed by atoms with Gasteiger partial charge in [-0.2, -0.15) is 8.78 Å². The van der Waals surface area contributed by atoms with Crippen LogP contribution in [0.5, 0.6) is 11.5 Å². The van der Waals surface area contributed by atoms with E-state index in [1.807, 2.05) is 26.0 Å². The molecule has 0 saturated heterocycles. The Bertz CT molecular complexity index is 659. The standard InChI is InChI=1S/C17H15F2NO2/c1-17(2,11-10-13-5-3-4-12-20-13)22-15-8-6-14(7-9-15)21-16(18)19/h3-9,12,16H,1-2H3. The van der Waals surface area contributed by atoms with Crippen molar-refractivity contribution in [3.8, 4) is 23.3 Å². The lowest BCUT2D eigenvalue weighted by Gasteiger charge is -2.20. The van der Waals surface area contributed by atoms with Crippen LogP contribution in [0.15, 0.2) is 48.7 Å². The fraction of sp³-hybridized carbons (Fsp3) is 0.235. The molecule has 0 bridgehead atoms. The molecule has 0 saturated carbocycles. The number of halogens is 2. The van der Waals surface area contributed by atoms with Gasteiger partial charge in [0.25, 0.3) is 0 Å². The van der Waals surface area contributed by atoms with Gasteiger partial charge in [-0.25, -0.2) is 4.98 Å². The lowest BCUT2D eigenvalue weighted by Crippen LogP contribution is -2.25. The normalized spacial score (nSPS) is 10.8. The van der Waals surface area contributed by atoms with E-state index in [-0.39, 0.29) is 5.75 Å². The molecule has 1 aromatic heterocycles. The van der Waals surface area contributed by atoms with Crippen LogP contribution >= 0.6 is 0 Å². The quantitative estimate of drug-likeness (QED) is 0.803. The Hall–Kier alpha value is -2.61. The Kier molecular flexibility index (Phi) is 4.95. The zero-order chi connectivity index (χ0) is 16.0. The molecule has 0 spiro atoms. The van der Waals surface area contributed by atoms with Gasteiger partial charge in [0, 0.05) is 6.20 Å². The van der Waals surface area contributed by atoms with Crippen molar-refractivity contribution >= 4 is 0 Å². The zero-order valence-electron chi connectivity index (χ0n) is 12.2. The highest BCUT2D eigenvalue weighted by Crippen LogP contribution is 2.22. The predicted molar refractivity (Wildman–Crippen MR) is 78.9 cm³/mol. The van der Waals surface area contributed by atoms with Crippen LogP contribution in [-0.2, 0) is 0 Å². The summed E-state index contributed by atoms with van der Waals surface area (Å²) in [7, 11) is 0. The molecule has 3 nitrogen and oxygen atoms in total. The van der Waals surface area contributed by atoms with Crippen LogP contribution in [0.1, 0.15) is 19.5 Å². The molecule has 1 heterocycles. The average molecular weight is 303 g/mol.